The maximum atomic E-state index is 12.4. The molecule has 2 aromatic rings. The summed E-state index contributed by atoms with van der Waals surface area (Å²) in [5, 5.41) is 4.06. The van der Waals surface area contributed by atoms with Gasteiger partial charge >= 0.3 is 6.36 Å². The summed E-state index contributed by atoms with van der Waals surface area (Å²) >= 11 is 0. The molecule has 0 atom stereocenters. The molecule has 0 fully saturated rings. The second-order valence-corrected chi connectivity index (χ2v) is 4.09. The van der Waals surface area contributed by atoms with Crippen molar-refractivity contribution >= 4 is 6.08 Å². The van der Waals surface area contributed by atoms with Crippen molar-refractivity contribution in [2.24, 2.45) is 0 Å². The van der Waals surface area contributed by atoms with Crippen LogP contribution in [0.5, 0.6) is 5.75 Å². The highest BCUT2D eigenvalue weighted by molar-refractivity contribution is 5.72. The van der Waals surface area contributed by atoms with E-state index in [4.69, 9.17) is 0 Å². The maximum absolute atomic E-state index is 12.4. The average molecular weight is 282 g/mol. The third kappa shape index (κ3) is 3.20. The predicted octanol–water partition coefficient (Wildman–Crippen LogP) is 4.11. The van der Waals surface area contributed by atoms with Gasteiger partial charge in [0.05, 0.1) is 6.20 Å². The summed E-state index contributed by atoms with van der Waals surface area (Å²) in [5.41, 5.74) is 1.60. The van der Waals surface area contributed by atoms with Crippen LogP contribution in [0.25, 0.3) is 17.2 Å². The highest BCUT2D eigenvalue weighted by Crippen LogP contribution is 2.34. The Kier molecular flexibility index (Phi) is 3.83. The summed E-state index contributed by atoms with van der Waals surface area (Å²) in [6.45, 7) is 6.14. The molecule has 0 bridgehead atoms. The molecule has 1 aromatic carbocycles. The second kappa shape index (κ2) is 5.40. The molecular formula is C14H13F3N2O. The molecule has 0 amide bonds. The van der Waals surface area contributed by atoms with E-state index in [1.165, 1.54) is 18.3 Å². The summed E-state index contributed by atoms with van der Waals surface area (Å²) in [7, 11) is 0. The highest BCUT2D eigenvalue weighted by atomic mass is 19.4. The third-order valence-corrected chi connectivity index (χ3v) is 2.73. The maximum Gasteiger partial charge on any atom is 0.573 e. The molecule has 0 radical (unpaired) electrons. The number of hydrogen-bond donors (Lipinski definition) is 0. The summed E-state index contributed by atoms with van der Waals surface area (Å²) in [6, 6.07) is 4.38. The minimum absolute atomic E-state index is 0.251. The van der Waals surface area contributed by atoms with E-state index >= 15 is 0 Å². The van der Waals surface area contributed by atoms with E-state index in [-0.39, 0.29) is 5.75 Å². The highest BCUT2D eigenvalue weighted by Gasteiger charge is 2.32. The molecule has 0 spiro atoms. The smallest absolute Gasteiger partial charge is 0.405 e. The van der Waals surface area contributed by atoms with Crippen LogP contribution in [0.15, 0.2) is 37.2 Å². The van der Waals surface area contributed by atoms with Crippen molar-refractivity contribution in [3.05, 3.63) is 42.7 Å². The van der Waals surface area contributed by atoms with Crippen molar-refractivity contribution in [1.82, 2.24) is 9.78 Å². The Morgan fingerprint density at radius 3 is 2.70 bits per heavy atom. The molecule has 0 aliphatic carbocycles. The zero-order valence-corrected chi connectivity index (χ0v) is 10.8. The fraction of sp³-hybridized carbons (Fsp3) is 0.214. The Labute approximate surface area is 114 Å². The Morgan fingerprint density at radius 1 is 1.40 bits per heavy atom. The van der Waals surface area contributed by atoms with Gasteiger partial charge in [0.15, 0.2) is 0 Å². The van der Waals surface area contributed by atoms with Crippen molar-refractivity contribution in [2.45, 2.75) is 19.8 Å². The SMILES string of the molecule is C=Cc1ccc(OC(F)(F)F)c(-c2cnn(CC)c2)c1. The Morgan fingerprint density at radius 2 is 2.15 bits per heavy atom. The topological polar surface area (TPSA) is 27.1 Å². The normalized spacial score (nSPS) is 11.4. The Hall–Kier alpha value is -2.24. The van der Waals surface area contributed by atoms with E-state index in [0.29, 0.717) is 23.2 Å². The number of alkyl halides is 3. The van der Waals surface area contributed by atoms with Crippen LogP contribution >= 0.6 is 0 Å². The van der Waals surface area contributed by atoms with Crippen LogP contribution in [0.1, 0.15) is 12.5 Å². The quantitative estimate of drug-likeness (QED) is 0.843. The molecule has 0 N–H and O–H groups in total. The van der Waals surface area contributed by atoms with Crippen LogP contribution in [0, 0.1) is 0 Å². The van der Waals surface area contributed by atoms with Gasteiger partial charge in [-0.05, 0) is 24.6 Å². The lowest BCUT2D eigenvalue weighted by atomic mass is 10.0. The summed E-state index contributed by atoms with van der Waals surface area (Å²) < 4.78 is 43.0. The van der Waals surface area contributed by atoms with Gasteiger partial charge in [-0.3, -0.25) is 4.68 Å². The van der Waals surface area contributed by atoms with Gasteiger partial charge in [-0.25, -0.2) is 0 Å². The minimum atomic E-state index is -4.73. The van der Waals surface area contributed by atoms with Crippen molar-refractivity contribution in [3.63, 3.8) is 0 Å². The average Bonchev–Trinajstić information content (AvgIpc) is 2.86. The van der Waals surface area contributed by atoms with Crippen LogP contribution in [-0.2, 0) is 6.54 Å². The van der Waals surface area contributed by atoms with Crippen molar-refractivity contribution in [1.29, 1.82) is 0 Å². The number of benzene rings is 1. The standard InChI is InChI=1S/C14H13F3N2O/c1-3-10-5-6-13(20-14(15,16)17)12(7-10)11-8-18-19(4-2)9-11/h3,5-9H,1,4H2,2H3. The first-order valence-corrected chi connectivity index (χ1v) is 5.98. The number of rotatable bonds is 4. The predicted molar refractivity (Wildman–Crippen MR) is 70.1 cm³/mol. The monoisotopic (exact) mass is 282 g/mol. The summed E-state index contributed by atoms with van der Waals surface area (Å²) in [5.74, 6) is -0.251. The molecule has 0 unspecified atom stereocenters. The first-order valence-electron chi connectivity index (χ1n) is 5.98. The van der Waals surface area contributed by atoms with E-state index in [2.05, 4.69) is 16.4 Å². The molecule has 0 aliphatic rings. The molecule has 3 nitrogen and oxygen atoms in total. The van der Waals surface area contributed by atoms with Gasteiger partial charge in [-0.2, -0.15) is 5.10 Å². The summed E-state index contributed by atoms with van der Waals surface area (Å²) in [6.07, 6.45) is 0.0106. The van der Waals surface area contributed by atoms with Gasteiger partial charge < -0.3 is 4.74 Å². The van der Waals surface area contributed by atoms with E-state index < -0.39 is 6.36 Å². The molecule has 20 heavy (non-hydrogen) atoms. The lowest BCUT2D eigenvalue weighted by Gasteiger charge is -2.13. The number of nitrogens with zero attached hydrogens (tertiary/aromatic N) is 2. The zero-order valence-electron chi connectivity index (χ0n) is 10.8. The number of aryl methyl sites for hydroxylation is 1. The van der Waals surface area contributed by atoms with Crippen molar-refractivity contribution in [3.8, 4) is 16.9 Å². The fourth-order valence-corrected chi connectivity index (χ4v) is 1.79. The summed E-state index contributed by atoms with van der Waals surface area (Å²) in [4.78, 5) is 0. The Balaban J connectivity index is 2.49. The van der Waals surface area contributed by atoms with Gasteiger partial charge in [-0.1, -0.05) is 18.7 Å². The van der Waals surface area contributed by atoms with E-state index in [9.17, 15) is 13.2 Å². The number of aromatic nitrogens is 2. The van der Waals surface area contributed by atoms with Crippen molar-refractivity contribution in [2.75, 3.05) is 0 Å². The molecule has 0 saturated heterocycles. The molecule has 2 rings (SSSR count). The largest absolute Gasteiger partial charge is 0.573 e. The van der Waals surface area contributed by atoms with Gasteiger partial charge in [0.25, 0.3) is 0 Å². The minimum Gasteiger partial charge on any atom is -0.405 e. The first kappa shape index (κ1) is 14.2. The lowest BCUT2D eigenvalue weighted by molar-refractivity contribution is -0.274. The van der Waals surface area contributed by atoms with Gasteiger partial charge in [0, 0.05) is 23.9 Å². The van der Waals surface area contributed by atoms with Crippen LogP contribution < -0.4 is 4.74 Å². The molecule has 1 aromatic heterocycles. The van der Waals surface area contributed by atoms with Crippen LogP contribution in [-0.4, -0.2) is 16.1 Å². The van der Waals surface area contributed by atoms with E-state index in [1.54, 1.807) is 23.0 Å². The molecule has 0 saturated carbocycles. The van der Waals surface area contributed by atoms with Crippen LogP contribution in [0.2, 0.25) is 0 Å². The van der Waals surface area contributed by atoms with Crippen LogP contribution in [0.4, 0.5) is 13.2 Å². The van der Waals surface area contributed by atoms with Crippen LogP contribution in [0.3, 0.4) is 0 Å². The molecule has 1 heterocycles. The fourth-order valence-electron chi connectivity index (χ4n) is 1.79. The van der Waals surface area contributed by atoms with E-state index in [1.807, 2.05) is 6.92 Å². The molecular weight excluding hydrogens is 269 g/mol. The third-order valence-electron chi connectivity index (χ3n) is 2.73. The number of halogens is 3. The molecule has 106 valence electrons. The molecule has 6 heteroatoms. The van der Waals surface area contributed by atoms with Crippen molar-refractivity contribution < 1.29 is 17.9 Å². The first-order chi connectivity index (χ1) is 9.43. The van der Waals surface area contributed by atoms with E-state index in [0.717, 1.165) is 0 Å². The Bertz CT molecular complexity index is 617. The molecule has 0 aliphatic heterocycles. The zero-order chi connectivity index (χ0) is 14.8. The second-order valence-electron chi connectivity index (χ2n) is 4.09. The number of hydrogen-bond acceptors (Lipinski definition) is 2. The van der Waals surface area contributed by atoms with Gasteiger partial charge in [-0.15, -0.1) is 13.2 Å². The van der Waals surface area contributed by atoms with Gasteiger partial charge in [0.2, 0.25) is 0 Å². The lowest BCUT2D eigenvalue weighted by Crippen LogP contribution is -2.17. The van der Waals surface area contributed by atoms with Gasteiger partial charge in [0.1, 0.15) is 5.75 Å². The number of ether oxygens (including phenoxy) is 1.